The molecule has 23 nitrogen and oxygen atoms in total. The third-order valence-corrected chi connectivity index (χ3v) is 15.1. The topological polar surface area (TPSA) is 279 Å². The van der Waals surface area contributed by atoms with Gasteiger partial charge >= 0.3 is 0 Å². The van der Waals surface area contributed by atoms with E-state index in [9.17, 15) is 48.3 Å². The lowest BCUT2D eigenvalue weighted by atomic mass is 9.91. The van der Waals surface area contributed by atoms with E-state index in [1.807, 2.05) is 41.5 Å². The van der Waals surface area contributed by atoms with Crippen molar-refractivity contribution in [2.75, 3.05) is 62.4 Å². The molecule has 1 fully saturated rings. The van der Waals surface area contributed by atoms with Crippen LogP contribution in [-0.4, -0.2) is 227 Å². The van der Waals surface area contributed by atoms with Gasteiger partial charge in [-0.3, -0.25) is 52.7 Å². The zero-order chi connectivity index (χ0) is 62.8. The minimum atomic E-state index is -1.60. The zero-order valence-corrected chi connectivity index (χ0v) is 52.9. The molecule has 5 N–H and O–H groups in total. The molecule has 0 aliphatic carbocycles. The number of hydrogen-bond donors (Lipinski definition) is 5. The molecule has 0 bridgehead atoms. The monoisotopic (exact) mass is 1150 g/mol. The highest BCUT2D eigenvalue weighted by molar-refractivity contribution is 5.99. The van der Waals surface area contributed by atoms with Crippen LogP contribution in [0.25, 0.3) is 0 Å². The van der Waals surface area contributed by atoms with Crippen LogP contribution in [0.3, 0.4) is 0 Å². The number of aliphatic hydroxyl groups excluding tert-OH is 1. The Bertz CT molecular complexity index is 2220. The smallest absolute Gasteiger partial charge is 0.246 e. The normalized spacial score (nSPS) is 26.6. The van der Waals surface area contributed by atoms with Gasteiger partial charge in [0.25, 0.3) is 0 Å². The molecule has 81 heavy (non-hydrogen) atoms. The average molecular weight is 1150 g/mol. The molecular weight excluding hydrogens is 1040 g/mol. The van der Waals surface area contributed by atoms with E-state index in [4.69, 9.17) is 0 Å². The Morgan fingerprint density at radius 1 is 0.506 bits per heavy atom. The lowest BCUT2D eigenvalue weighted by Crippen LogP contribution is -2.63. The van der Waals surface area contributed by atoms with Crippen molar-refractivity contribution in [3.8, 4) is 0 Å². The van der Waals surface area contributed by atoms with E-state index in [-0.39, 0.29) is 43.4 Å². The molecular formula is C58H103N11O12. The second kappa shape index (κ2) is 33.1. The van der Waals surface area contributed by atoms with Crippen molar-refractivity contribution in [1.82, 2.24) is 55.6 Å². The maximum atomic E-state index is 15.1. The van der Waals surface area contributed by atoms with Gasteiger partial charge in [-0.2, -0.15) is 0 Å². The van der Waals surface area contributed by atoms with Crippen LogP contribution in [0.5, 0.6) is 0 Å². The van der Waals surface area contributed by atoms with E-state index in [1.165, 1.54) is 77.9 Å². The maximum absolute atomic E-state index is 15.1. The summed E-state index contributed by atoms with van der Waals surface area (Å²) in [4.78, 5) is 165. The molecule has 11 amide bonds. The van der Waals surface area contributed by atoms with Crippen LogP contribution in [0.4, 0.5) is 0 Å². The van der Waals surface area contributed by atoms with Gasteiger partial charge in [-0.15, -0.1) is 0 Å². The Hall–Kier alpha value is -6.13. The van der Waals surface area contributed by atoms with Crippen molar-refractivity contribution < 1.29 is 57.8 Å². The van der Waals surface area contributed by atoms with Crippen LogP contribution in [0.2, 0.25) is 0 Å². The summed E-state index contributed by atoms with van der Waals surface area (Å²) in [7, 11) is 9.74. The van der Waals surface area contributed by atoms with Crippen LogP contribution in [-0.2, 0) is 52.7 Å². The highest BCUT2D eigenvalue weighted by Crippen LogP contribution is 2.25. The Labute approximate surface area is 483 Å². The first-order valence-corrected chi connectivity index (χ1v) is 28.7. The lowest BCUT2D eigenvalue weighted by molar-refractivity contribution is -0.157. The summed E-state index contributed by atoms with van der Waals surface area (Å²) in [5.41, 5.74) is 0. The third-order valence-electron chi connectivity index (χ3n) is 15.1. The fourth-order valence-electron chi connectivity index (χ4n) is 9.82. The standard InChI is InChI=1S/C58H103N11O12/c1-23-25-26-37(13)49(72)48-52(75)60-40(24-2)54(77)64(17)31-45(71)63(16)30-44(70)62-46(35(9)10)57(80)65(18)39(15)50(73)61-41(27-32(3)4)51(74)59-38(14)53(76)66(19)42(28-33(5)6)55(78)67(20)43(29-34(7)8)56(79)68(21)47(36(11)12)58(81)69(48)22/h23,25,32-43,46-49,72H,24,26-31H2,1-22H3,(H,59,74)(H,60,75)(H,61,73)(H,62,70)/b25-23+/t37-,38-,39+,40+,41+,42+,43-,46+,47+,48+,49-/m1/s1. The molecule has 0 unspecified atom stereocenters. The van der Waals surface area contributed by atoms with Crippen LogP contribution in [0.1, 0.15) is 136 Å². The predicted octanol–water partition coefficient (Wildman–Crippen LogP) is 1.85. The van der Waals surface area contributed by atoms with Crippen molar-refractivity contribution in [3.05, 3.63) is 12.2 Å². The summed E-state index contributed by atoms with van der Waals surface area (Å²) >= 11 is 0. The molecule has 23 heteroatoms. The van der Waals surface area contributed by atoms with Gasteiger partial charge in [0.05, 0.1) is 19.2 Å². The Morgan fingerprint density at radius 3 is 1.46 bits per heavy atom. The molecule has 462 valence electrons. The minimum Gasteiger partial charge on any atom is -0.390 e. The molecule has 0 aromatic rings. The van der Waals surface area contributed by atoms with E-state index in [1.54, 1.807) is 60.6 Å². The fourth-order valence-corrected chi connectivity index (χ4v) is 9.82. The van der Waals surface area contributed by atoms with Crippen molar-refractivity contribution >= 4 is 65.0 Å². The van der Waals surface area contributed by atoms with Gasteiger partial charge in [-0.05, 0) is 88.4 Å². The highest BCUT2D eigenvalue weighted by Gasteiger charge is 2.45. The van der Waals surface area contributed by atoms with Crippen molar-refractivity contribution in [2.45, 2.75) is 196 Å². The highest BCUT2D eigenvalue weighted by atomic mass is 16.3. The quantitative estimate of drug-likeness (QED) is 0.165. The number of rotatable bonds is 13. The Kier molecular flexibility index (Phi) is 29.8. The molecule has 1 heterocycles. The van der Waals surface area contributed by atoms with Gasteiger partial charge in [0.15, 0.2) is 0 Å². The summed E-state index contributed by atoms with van der Waals surface area (Å²) in [6, 6.07) is -11.1. The van der Waals surface area contributed by atoms with Crippen LogP contribution >= 0.6 is 0 Å². The molecule has 1 aliphatic heterocycles. The first kappa shape index (κ1) is 72.9. The van der Waals surface area contributed by atoms with Crippen LogP contribution in [0.15, 0.2) is 12.2 Å². The number of carbonyl (C=O) groups excluding carboxylic acids is 11. The summed E-state index contributed by atoms with van der Waals surface area (Å²) in [6.07, 6.45) is 2.87. The van der Waals surface area contributed by atoms with E-state index in [0.717, 1.165) is 19.6 Å². The number of nitrogens with one attached hydrogen (secondary N) is 4. The first-order chi connectivity index (χ1) is 37.4. The molecule has 0 radical (unpaired) electrons. The molecule has 0 aromatic heterocycles. The van der Waals surface area contributed by atoms with E-state index in [0.29, 0.717) is 6.42 Å². The third kappa shape index (κ3) is 20.7. The number of amides is 11. The van der Waals surface area contributed by atoms with E-state index in [2.05, 4.69) is 21.3 Å². The van der Waals surface area contributed by atoms with Gasteiger partial charge in [0.2, 0.25) is 65.0 Å². The van der Waals surface area contributed by atoms with Gasteiger partial charge in [0.1, 0.15) is 54.4 Å². The minimum absolute atomic E-state index is 0.0270. The molecule has 1 aliphatic rings. The predicted molar refractivity (Wildman–Crippen MR) is 310 cm³/mol. The lowest BCUT2D eigenvalue weighted by Gasteiger charge is -2.41. The molecule has 0 saturated carbocycles. The van der Waals surface area contributed by atoms with E-state index >= 15 is 9.59 Å². The van der Waals surface area contributed by atoms with Crippen molar-refractivity contribution in [1.29, 1.82) is 0 Å². The largest absolute Gasteiger partial charge is 0.390 e. The summed E-state index contributed by atoms with van der Waals surface area (Å²) in [6.45, 7) is 25.0. The molecule has 0 spiro atoms. The fraction of sp³-hybridized carbons (Fsp3) is 0.776. The number of likely N-dealkylation sites (N-methyl/N-ethyl adjacent to an activating group) is 7. The van der Waals surface area contributed by atoms with Gasteiger partial charge in [-0.25, -0.2) is 0 Å². The summed E-state index contributed by atoms with van der Waals surface area (Å²) in [5, 5.41) is 22.8. The molecule has 11 atom stereocenters. The second-order valence-corrected chi connectivity index (χ2v) is 24.2. The number of hydrogen-bond acceptors (Lipinski definition) is 12. The molecule has 1 rings (SSSR count). The molecule has 1 saturated heterocycles. The van der Waals surface area contributed by atoms with E-state index < -0.39 is 156 Å². The Morgan fingerprint density at radius 2 is 0.988 bits per heavy atom. The summed E-state index contributed by atoms with van der Waals surface area (Å²) < 4.78 is 0. The van der Waals surface area contributed by atoms with Gasteiger partial charge < -0.3 is 60.7 Å². The van der Waals surface area contributed by atoms with Crippen molar-refractivity contribution in [3.63, 3.8) is 0 Å². The Balaban J connectivity index is 4.20. The van der Waals surface area contributed by atoms with Gasteiger partial charge in [-0.1, -0.05) is 95.2 Å². The second-order valence-electron chi connectivity index (χ2n) is 24.2. The maximum Gasteiger partial charge on any atom is 0.246 e. The SMILES string of the molecule is C/C=C/C[C@@H](C)[C@@H](O)[C@H]1C(=O)N[C@@H](CC)C(=O)N(C)CC(=O)N(C)CC(=O)N[C@@H](C(C)C)C(=O)N(C)[C@@H](C)C(=O)N[C@@H](CC(C)C)C(=O)N[C@H](C)C(=O)N(C)[C@@H](CC(C)C)C(=O)N(C)[C@H](CC(C)C)C(=O)N(C)[C@@H](C(C)C)C(=O)N1C. The van der Waals surface area contributed by atoms with Crippen molar-refractivity contribution in [2.24, 2.45) is 35.5 Å². The summed E-state index contributed by atoms with van der Waals surface area (Å²) in [5.74, 6) is -9.63. The van der Waals surface area contributed by atoms with Crippen LogP contribution in [0, 0.1) is 35.5 Å². The van der Waals surface area contributed by atoms with Crippen LogP contribution < -0.4 is 21.3 Å². The molecule has 0 aromatic carbocycles. The number of nitrogens with zero attached hydrogens (tertiary/aromatic N) is 7. The first-order valence-electron chi connectivity index (χ1n) is 28.7. The number of allylic oxidation sites excluding steroid dienone is 2. The average Bonchev–Trinajstić information content (AvgIpc) is 3.38. The zero-order valence-electron chi connectivity index (χ0n) is 52.9. The van der Waals surface area contributed by atoms with Gasteiger partial charge in [0, 0.05) is 49.3 Å². The number of aliphatic hydroxyl groups is 1. The number of carbonyl (C=O) groups is 11.